The van der Waals surface area contributed by atoms with Crippen molar-refractivity contribution in [3.05, 3.63) is 34.3 Å². The second-order valence-electron chi connectivity index (χ2n) is 2.92. The summed E-state index contributed by atoms with van der Waals surface area (Å²) in [6, 6.07) is 4.92. The van der Waals surface area contributed by atoms with E-state index in [1.165, 1.54) is 0 Å². The van der Waals surface area contributed by atoms with Crippen LogP contribution in [0.1, 0.15) is 15.9 Å². The number of halogens is 1. The van der Waals surface area contributed by atoms with Crippen molar-refractivity contribution in [2.24, 2.45) is 0 Å². The van der Waals surface area contributed by atoms with Crippen LogP contribution in [0.4, 0.5) is 0 Å². The van der Waals surface area contributed by atoms with Crippen molar-refractivity contribution in [2.75, 3.05) is 13.6 Å². The predicted molar refractivity (Wildman–Crippen MR) is 56.0 cm³/mol. The molecule has 1 aromatic rings. The second-order valence-corrected chi connectivity index (χ2v) is 3.33. The van der Waals surface area contributed by atoms with Crippen LogP contribution >= 0.6 is 11.6 Å². The van der Waals surface area contributed by atoms with Gasteiger partial charge in [0.15, 0.2) is 0 Å². The standard InChI is InChI=1S/C10H12ClNO2/c1-12-6-5-7-8(10(13)14)3-2-4-9(7)11/h2-4,12H,5-6H2,1H3,(H,13,14). The Kier molecular flexibility index (Phi) is 3.92. The van der Waals surface area contributed by atoms with Crippen molar-refractivity contribution < 1.29 is 9.90 Å². The van der Waals surface area contributed by atoms with Crippen molar-refractivity contribution in [3.63, 3.8) is 0 Å². The van der Waals surface area contributed by atoms with E-state index in [1.807, 2.05) is 7.05 Å². The monoisotopic (exact) mass is 213 g/mol. The maximum absolute atomic E-state index is 10.9. The molecule has 0 atom stereocenters. The summed E-state index contributed by atoms with van der Waals surface area (Å²) >= 11 is 5.92. The fourth-order valence-corrected chi connectivity index (χ4v) is 1.53. The zero-order chi connectivity index (χ0) is 10.6. The van der Waals surface area contributed by atoms with Crippen LogP contribution in [0.25, 0.3) is 0 Å². The molecule has 0 bridgehead atoms. The quantitative estimate of drug-likeness (QED) is 0.802. The summed E-state index contributed by atoms with van der Waals surface area (Å²) in [5.41, 5.74) is 0.976. The Labute approximate surface area is 87.7 Å². The fourth-order valence-electron chi connectivity index (χ4n) is 1.26. The molecule has 4 heteroatoms. The van der Waals surface area contributed by atoms with E-state index in [4.69, 9.17) is 16.7 Å². The molecular formula is C10H12ClNO2. The van der Waals surface area contributed by atoms with E-state index in [9.17, 15) is 4.79 Å². The van der Waals surface area contributed by atoms with Crippen LogP contribution in [0.3, 0.4) is 0 Å². The number of benzene rings is 1. The first kappa shape index (κ1) is 11.0. The number of aromatic carboxylic acids is 1. The van der Waals surface area contributed by atoms with E-state index in [2.05, 4.69) is 5.32 Å². The van der Waals surface area contributed by atoms with Crippen LogP contribution in [0.5, 0.6) is 0 Å². The summed E-state index contributed by atoms with van der Waals surface area (Å²) in [6.45, 7) is 0.712. The zero-order valence-electron chi connectivity index (χ0n) is 7.88. The lowest BCUT2D eigenvalue weighted by molar-refractivity contribution is 0.0695. The molecule has 1 rings (SSSR count). The molecule has 0 aliphatic carbocycles. The third-order valence-electron chi connectivity index (χ3n) is 1.97. The smallest absolute Gasteiger partial charge is 0.336 e. The first-order chi connectivity index (χ1) is 6.66. The van der Waals surface area contributed by atoms with Crippen LogP contribution in [0.2, 0.25) is 5.02 Å². The van der Waals surface area contributed by atoms with Gasteiger partial charge in [0.1, 0.15) is 0 Å². The van der Waals surface area contributed by atoms with Gasteiger partial charge in [-0.15, -0.1) is 0 Å². The molecule has 14 heavy (non-hydrogen) atoms. The van der Waals surface area contributed by atoms with Crippen molar-refractivity contribution in [1.29, 1.82) is 0 Å². The Morgan fingerprint density at radius 3 is 2.86 bits per heavy atom. The maximum Gasteiger partial charge on any atom is 0.336 e. The van der Waals surface area contributed by atoms with Crippen LogP contribution < -0.4 is 5.32 Å². The molecule has 2 N–H and O–H groups in total. The molecule has 1 aromatic carbocycles. The zero-order valence-corrected chi connectivity index (χ0v) is 8.64. The van der Waals surface area contributed by atoms with E-state index in [0.29, 0.717) is 23.6 Å². The van der Waals surface area contributed by atoms with Gasteiger partial charge in [-0.2, -0.15) is 0 Å². The lowest BCUT2D eigenvalue weighted by Gasteiger charge is -2.07. The molecule has 0 fully saturated rings. The number of rotatable bonds is 4. The SMILES string of the molecule is CNCCc1c(Cl)cccc1C(=O)O. The highest BCUT2D eigenvalue weighted by Gasteiger charge is 2.11. The van der Waals surface area contributed by atoms with Gasteiger partial charge in [0.2, 0.25) is 0 Å². The molecule has 0 spiro atoms. The summed E-state index contributed by atoms with van der Waals surface area (Å²) in [5, 5.41) is 12.4. The fraction of sp³-hybridized carbons (Fsp3) is 0.300. The van der Waals surface area contributed by atoms with E-state index in [1.54, 1.807) is 18.2 Å². The van der Waals surface area contributed by atoms with Crippen LogP contribution in [-0.2, 0) is 6.42 Å². The average Bonchev–Trinajstić information content (AvgIpc) is 2.15. The van der Waals surface area contributed by atoms with Crippen LogP contribution in [0.15, 0.2) is 18.2 Å². The number of nitrogens with one attached hydrogen (secondary N) is 1. The van der Waals surface area contributed by atoms with Gasteiger partial charge in [-0.1, -0.05) is 17.7 Å². The third-order valence-corrected chi connectivity index (χ3v) is 2.33. The molecular weight excluding hydrogens is 202 g/mol. The highest BCUT2D eigenvalue weighted by Crippen LogP contribution is 2.20. The minimum absolute atomic E-state index is 0.285. The molecule has 3 nitrogen and oxygen atoms in total. The van der Waals surface area contributed by atoms with Crippen molar-refractivity contribution in [2.45, 2.75) is 6.42 Å². The third kappa shape index (κ3) is 2.47. The molecule has 0 radical (unpaired) electrons. The minimum atomic E-state index is -0.932. The van der Waals surface area contributed by atoms with Gasteiger partial charge in [0, 0.05) is 5.02 Å². The molecule has 0 unspecified atom stereocenters. The Bertz CT molecular complexity index is 339. The Morgan fingerprint density at radius 1 is 1.57 bits per heavy atom. The average molecular weight is 214 g/mol. The molecule has 0 saturated carbocycles. The van der Waals surface area contributed by atoms with E-state index >= 15 is 0 Å². The lowest BCUT2D eigenvalue weighted by atomic mass is 10.0. The highest BCUT2D eigenvalue weighted by atomic mass is 35.5. The van der Waals surface area contributed by atoms with Gasteiger partial charge in [0.25, 0.3) is 0 Å². The first-order valence-electron chi connectivity index (χ1n) is 4.32. The molecule has 0 aliphatic rings. The summed E-state index contributed by atoms with van der Waals surface area (Å²) in [7, 11) is 1.82. The number of carboxylic acid groups (broad SMARTS) is 1. The summed E-state index contributed by atoms with van der Waals surface area (Å²) in [6.07, 6.45) is 0.623. The van der Waals surface area contributed by atoms with Gasteiger partial charge in [-0.05, 0) is 37.7 Å². The van der Waals surface area contributed by atoms with Gasteiger partial charge >= 0.3 is 5.97 Å². The van der Waals surface area contributed by atoms with Crippen LogP contribution in [0, 0.1) is 0 Å². The molecule has 0 aromatic heterocycles. The van der Waals surface area contributed by atoms with E-state index in [-0.39, 0.29) is 5.56 Å². The van der Waals surface area contributed by atoms with Crippen molar-refractivity contribution >= 4 is 17.6 Å². The first-order valence-corrected chi connectivity index (χ1v) is 4.70. The highest BCUT2D eigenvalue weighted by molar-refractivity contribution is 6.31. The minimum Gasteiger partial charge on any atom is -0.478 e. The van der Waals surface area contributed by atoms with Crippen LogP contribution in [-0.4, -0.2) is 24.7 Å². The summed E-state index contributed by atoms with van der Waals surface area (Å²) < 4.78 is 0. The molecule has 76 valence electrons. The topological polar surface area (TPSA) is 49.3 Å². The van der Waals surface area contributed by atoms with Crippen molar-refractivity contribution in [1.82, 2.24) is 5.32 Å². The van der Waals surface area contributed by atoms with Gasteiger partial charge in [0.05, 0.1) is 5.56 Å². The number of likely N-dealkylation sites (N-methyl/N-ethyl adjacent to an activating group) is 1. The Hall–Kier alpha value is -1.06. The van der Waals surface area contributed by atoms with Gasteiger partial charge in [-0.3, -0.25) is 0 Å². The van der Waals surface area contributed by atoms with Crippen molar-refractivity contribution in [3.8, 4) is 0 Å². The predicted octanol–water partition coefficient (Wildman–Crippen LogP) is 1.80. The number of hydrogen-bond acceptors (Lipinski definition) is 2. The van der Waals surface area contributed by atoms with E-state index < -0.39 is 5.97 Å². The Morgan fingerprint density at radius 2 is 2.29 bits per heavy atom. The lowest BCUT2D eigenvalue weighted by Crippen LogP contribution is -2.13. The Balaban J connectivity index is 3.02. The number of hydrogen-bond donors (Lipinski definition) is 2. The number of carbonyl (C=O) groups is 1. The molecule has 0 aliphatic heterocycles. The summed E-state index contributed by atoms with van der Waals surface area (Å²) in [4.78, 5) is 10.9. The van der Waals surface area contributed by atoms with Gasteiger partial charge < -0.3 is 10.4 Å². The molecule has 0 heterocycles. The molecule has 0 amide bonds. The van der Waals surface area contributed by atoms with Gasteiger partial charge in [-0.25, -0.2) is 4.79 Å². The normalized spacial score (nSPS) is 10.1. The maximum atomic E-state index is 10.9. The second kappa shape index (κ2) is 4.98. The van der Waals surface area contributed by atoms with E-state index in [0.717, 1.165) is 0 Å². The molecule has 0 saturated heterocycles. The largest absolute Gasteiger partial charge is 0.478 e. The summed E-state index contributed by atoms with van der Waals surface area (Å²) in [5.74, 6) is -0.932. The number of carboxylic acids is 1.